The van der Waals surface area contributed by atoms with Gasteiger partial charge in [-0.25, -0.2) is 0 Å². The second-order valence-electron chi connectivity index (χ2n) is 5.19. The molecule has 0 fully saturated rings. The Hall–Kier alpha value is -2.20. The molecule has 110 valence electrons. The minimum Gasteiger partial charge on any atom is -0.493 e. The van der Waals surface area contributed by atoms with Crippen LogP contribution in [0.2, 0.25) is 0 Å². The van der Waals surface area contributed by atoms with E-state index in [4.69, 9.17) is 19.9 Å². The van der Waals surface area contributed by atoms with Gasteiger partial charge in [0.1, 0.15) is 12.4 Å². The Morgan fingerprint density at radius 2 is 1.95 bits per heavy atom. The van der Waals surface area contributed by atoms with Crippen LogP contribution in [0, 0.1) is 6.92 Å². The first-order chi connectivity index (χ1) is 10.2. The van der Waals surface area contributed by atoms with Crippen LogP contribution in [0.15, 0.2) is 42.5 Å². The highest BCUT2D eigenvalue weighted by Crippen LogP contribution is 2.35. The van der Waals surface area contributed by atoms with Crippen LogP contribution in [0.1, 0.15) is 17.2 Å². The van der Waals surface area contributed by atoms with Crippen molar-refractivity contribution in [2.45, 2.75) is 19.1 Å². The second kappa shape index (κ2) is 5.66. The summed E-state index contributed by atoms with van der Waals surface area (Å²) >= 11 is 0. The topological polar surface area (TPSA) is 53.7 Å². The Morgan fingerprint density at radius 1 is 1.14 bits per heavy atom. The maximum Gasteiger partial charge on any atom is 0.161 e. The molecule has 0 bridgehead atoms. The number of methoxy groups -OCH3 is 1. The van der Waals surface area contributed by atoms with Crippen molar-refractivity contribution in [1.29, 1.82) is 0 Å². The fourth-order valence-electron chi connectivity index (χ4n) is 2.51. The van der Waals surface area contributed by atoms with Gasteiger partial charge in [0.15, 0.2) is 17.6 Å². The van der Waals surface area contributed by atoms with E-state index in [1.165, 1.54) is 0 Å². The number of aryl methyl sites for hydroxylation is 1. The van der Waals surface area contributed by atoms with Crippen molar-refractivity contribution in [3.05, 3.63) is 53.6 Å². The van der Waals surface area contributed by atoms with Gasteiger partial charge in [0, 0.05) is 5.56 Å². The van der Waals surface area contributed by atoms with Gasteiger partial charge in [0.05, 0.1) is 13.2 Å². The van der Waals surface area contributed by atoms with Gasteiger partial charge in [-0.05, 0) is 30.7 Å². The molecule has 0 saturated carbocycles. The first-order valence-electron chi connectivity index (χ1n) is 6.97. The molecule has 0 amide bonds. The summed E-state index contributed by atoms with van der Waals surface area (Å²) in [6, 6.07) is 13.4. The molecular formula is C17H19NO3. The first-order valence-corrected chi connectivity index (χ1v) is 6.97. The lowest BCUT2D eigenvalue weighted by Gasteiger charge is -2.31. The molecule has 0 spiro atoms. The Balaban J connectivity index is 1.84. The number of benzene rings is 2. The van der Waals surface area contributed by atoms with Gasteiger partial charge in [-0.15, -0.1) is 0 Å². The smallest absolute Gasteiger partial charge is 0.161 e. The summed E-state index contributed by atoms with van der Waals surface area (Å²) in [6.45, 7) is 2.44. The molecule has 2 atom stereocenters. The van der Waals surface area contributed by atoms with Gasteiger partial charge < -0.3 is 19.9 Å². The first kappa shape index (κ1) is 13.8. The molecule has 2 aromatic carbocycles. The summed E-state index contributed by atoms with van der Waals surface area (Å²) in [5.74, 6) is 2.23. The molecule has 3 rings (SSSR count). The highest BCUT2D eigenvalue weighted by atomic mass is 16.6. The third-order valence-corrected chi connectivity index (χ3v) is 3.68. The molecule has 1 aliphatic rings. The quantitative estimate of drug-likeness (QED) is 0.942. The van der Waals surface area contributed by atoms with Crippen molar-refractivity contribution >= 4 is 0 Å². The standard InChI is InChI=1S/C17H19NO3/c1-11-7-8-14(15(9-11)19-2)21-16-10-20-13-6-4-3-5-12(13)17(16)18/h3-9,16-17H,10,18H2,1-2H3. The van der Waals surface area contributed by atoms with Crippen molar-refractivity contribution in [3.63, 3.8) is 0 Å². The fraction of sp³-hybridized carbons (Fsp3) is 0.294. The van der Waals surface area contributed by atoms with Crippen molar-refractivity contribution in [2.24, 2.45) is 5.73 Å². The van der Waals surface area contributed by atoms with E-state index in [0.29, 0.717) is 18.1 Å². The molecule has 4 heteroatoms. The van der Waals surface area contributed by atoms with Crippen LogP contribution < -0.4 is 19.9 Å². The van der Waals surface area contributed by atoms with Gasteiger partial charge in [-0.3, -0.25) is 0 Å². The average Bonchev–Trinajstić information content (AvgIpc) is 2.51. The lowest BCUT2D eigenvalue weighted by atomic mass is 9.99. The van der Waals surface area contributed by atoms with Crippen LogP contribution >= 0.6 is 0 Å². The van der Waals surface area contributed by atoms with Crippen LogP contribution in [0.3, 0.4) is 0 Å². The number of hydrogen-bond donors (Lipinski definition) is 1. The Kier molecular flexibility index (Phi) is 3.71. The van der Waals surface area contributed by atoms with E-state index < -0.39 is 0 Å². The summed E-state index contributed by atoms with van der Waals surface area (Å²) in [6.07, 6.45) is -0.239. The van der Waals surface area contributed by atoms with Gasteiger partial charge in [0.2, 0.25) is 0 Å². The highest BCUT2D eigenvalue weighted by molar-refractivity contribution is 5.43. The Labute approximate surface area is 124 Å². The predicted octanol–water partition coefficient (Wildman–Crippen LogP) is 2.84. The van der Waals surface area contributed by atoms with E-state index in [1.807, 2.05) is 49.4 Å². The van der Waals surface area contributed by atoms with Crippen molar-refractivity contribution in [3.8, 4) is 17.2 Å². The molecule has 0 aliphatic carbocycles. The molecule has 1 heterocycles. The van der Waals surface area contributed by atoms with E-state index >= 15 is 0 Å². The van der Waals surface area contributed by atoms with Crippen LogP contribution in [-0.2, 0) is 0 Å². The zero-order chi connectivity index (χ0) is 14.8. The van der Waals surface area contributed by atoms with Gasteiger partial charge in [-0.1, -0.05) is 24.3 Å². The molecule has 0 aromatic heterocycles. The number of ether oxygens (including phenoxy) is 3. The lowest BCUT2D eigenvalue weighted by Crippen LogP contribution is -2.40. The van der Waals surface area contributed by atoms with Crippen LogP contribution in [0.5, 0.6) is 17.2 Å². The lowest BCUT2D eigenvalue weighted by molar-refractivity contribution is 0.0851. The number of para-hydroxylation sites is 1. The van der Waals surface area contributed by atoms with Crippen LogP contribution in [-0.4, -0.2) is 19.8 Å². The number of hydrogen-bond acceptors (Lipinski definition) is 4. The fourth-order valence-corrected chi connectivity index (χ4v) is 2.51. The van der Waals surface area contributed by atoms with Crippen LogP contribution in [0.25, 0.3) is 0 Å². The third-order valence-electron chi connectivity index (χ3n) is 3.68. The second-order valence-corrected chi connectivity index (χ2v) is 5.19. The SMILES string of the molecule is COc1cc(C)ccc1OC1COc2ccccc2C1N. The molecule has 4 nitrogen and oxygen atoms in total. The minimum absolute atomic E-state index is 0.221. The Bertz CT molecular complexity index is 642. The molecule has 2 aromatic rings. The third kappa shape index (κ3) is 2.67. The molecular weight excluding hydrogens is 266 g/mol. The maximum atomic E-state index is 6.31. The number of nitrogens with two attached hydrogens (primary N) is 1. The molecule has 0 radical (unpaired) electrons. The average molecular weight is 285 g/mol. The van der Waals surface area contributed by atoms with E-state index in [9.17, 15) is 0 Å². The van der Waals surface area contributed by atoms with Gasteiger partial charge in [-0.2, -0.15) is 0 Å². The van der Waals surface area contributed by atoms with E-state index in [1.54, 1.807) is 7.11 Å². The monoisotopic (exact) mass is 285 g/mol. The molecule has 2 unspecified atom stereocenters. The van der Waals surface area contributed by atoms with Gasteiger partial charge in [0.25, 0.3) is 0 Å². The summed E-state index contributed by atoms with van der Waals surface area (Å²) in [4.78, 5) is 0. The highest BCUT2D eigenvalue weighted by Gasteiger charge is 2.30. The Morgan fingerprint density at radius 3 is 2.76 bits per heavy atom. The van der Waals surface area contributed by atoms with Crippen molar-refractivity contribution in [1.82, 2.24) is 0 Å². The molecule has 1 aliphatic heterocycles. The summed E-state index contributed by atoms with van der Waals surface area (Å²) in [5.41, 5.74) is 8.41. The largest absolute Gasteiger partial charge is 0.493 e. The predicted molar refractivity (Wildman–Crippen MR) is 81.0 cm³/mol. The van der Waals surface area contributed by atoms with E-state index in [0.717, 1.165) is 16.9 Å². The van der Waals surface area contributed by atoms with Crippen molar-refractivity contribution < 1.29 is 14.2 Å². The van der Waals surface area contributed by atoms with Crippen molar-refractivity contribution in [2.75, 3.05) is 13.7 Å². The summed E-state index contributed by atoms with van der Waals surface area (Å²) in [7, 11) is 1.63. The molecule has 21 heavy (non-hydrogen) atoms. The van der Waals surface area contributed by atoms with E-state index in [-0.39, 0.29) is 12.1 Å². The number of fused-ring (bicyclic) bond motifs is 1. The molecule has 0 saturated heterocycles. The summed E-state index contributed by atoms with van der Waals surface area (Å²) < 4.78 is 17.1. The zero-order valence-electron chi connectivity index (χ0n) is 12.2. The van der Waals surface area contributed by atoms with Crippen LogP contribution in [0.4, 0.5) is 0 Å². The number of rotatable bonds is 3. The zero-order valence-corrected chi connectivity index (χ0v) is 12.2. The normalized spacial score (nSPS) is 20.3. The van der Waals surface area contributed by atoms with Gasteiger partial charge >= 0.3 is 0 Å². The summed E-state index contributed by atoms with van der Waals surface area (Å²) in [5, 5.41) is 0. The minimum atomic E-state index is -0.239. The van der Waals surface area contributed by atoms with E-state index in [2.05, 4.69) is 0 Å². The maximum absolute atomic E-state index is 6.31. The molecule has 2 N–H and O–H groups in total.